The summed E-state index contributed by atoms with van der Waals surface area (Å²) in [6, 6.07) is 5.79. The Bertz CT molecular complexity index is 584. The molecule has 0 aliphatic heterocycles. The van der Waals surface area contributed by atoms with Crippen LogP contribution in [0.3, 0.4) is 0 Å². The Morgan fingerprint density at radius 3 is 1.81 bits per heavy atom. The summed E-state index contributed by atoms with van der Waals surface area (Å²) in [5.74, 6) is 4.30. The zero-order chi connectivity index (χ0) is 19.6. The molecule has 26 heavy (non-hydrogen) atoms. The van der Waals surface area contributed by atoms with Crippen molar-refractivity contribution in [1.82, 2.24) is 0 Å². The highest BCUT2D eigenvalue weighted by atomic mass is 16.5. The minimum absolute atomic E-state index is 0.663. The number of likely N-dealkylation sites (N-methyl/N-ethyl adjacent to an activating group) is 2. The van der Waals surface area contributed by atoms with Crippen LogP contribution in [0.5, 0.6) is 11.5 Å². The summed E-state index contributed by atoms with van der Waals surface area (Å²) in [7, 11) is 4.51. The molecule has 0 radical (unpaired) electrons. The van der Waals surface area contributed by atoms with Gasteiger partial charge in [0, 0.05) is 0 Å². The minimum Gasteiger partial charge on any atom is -0.488 e. The van der Waals surface area contributed by atoms with E-state index in [0.29, 0.717) is 13.2 Å². The van der Waals surface area contributed by atoms with Crippen LogP contribution in [0.15, 0.2) is 18.2 Å². The maximum absolute atomic E-state index is 5.96. The van der Waals surface area contributed by atoms with E-state index in [9.17, 15) is 0 Å². The molecule has 0 bridgehead atoms. The summed E-state index contributed by atoms with van der Waals surface area (Å²) in [6.45, 7) is 16.6. The molecule has 0 heterocycles. The van der Waals surface area contributed by atoms with Crippen LogP contribution in [-0.4, -0.2) is 75.5 Å². The average molecular weight is 363 g/mol. The van der Waals surface area contributed by atoms with E-state index in [2.05, 4.69) is 47.7 Å². The molecule has 1 rings (SSSR count). The molecule has 146 valence electrons. The van der Waals surface area contributed by atoms with E-state index >= 15 is 0 Å². The standard InChI is InChI=1S/C22H38N2O2/c1-8-20-19-21(25-17-15-23(6,9-2)10-3)13-14-22(20)26-18-16-24(7,11-4)12-5/h1,13-14,19H,9-12,15-18H2,2-7H3/q+2. The fraction of sp³-hybridized carbons (Fsp3) is 0.636. The summed E-state index contributed by atoms with van der Waals surface area (Å²) in [5, 5.41) is 0. The summed E-state index contributed by atoms with van der Waals surface area (Å²) in [5.41, 5.74) is 0.757. The number of hydrogen-bond acceptors (Lipinski definition) is 2. The third-order valence-corrected chi connectivity index (χ3v) is 5.95. The lowest BCUT2D eigenvalue weighted by Gasteiger charge is -2.32. The Kier molecular flexibility index (Phi) is 8.98. The normalized spacial score (nSPS) is 11.9. The molecule has 0 aliphatic rings. The maximum Gasteiger partial charge on any atom is 0.137 e. The second-order valence-corrected chi connectivity index (χ2v) is 7.45. The quantitative estimate of drug-likeness (QED) is 0.419. The largest absolute Gasteiger partial charge is 0.488 e. The van der Waals surface area contributed by atoms with Crippen LogP contribution in [-0.2, 0) is 0 Å². The van der Waals surface area contributed by atoms with Crippen molar-refractivity contribution in [2.24, 2.45) is 0 Å². The highest BCUT2D eigenvalue weighted by Crippen LogP contribution is 2.24. The molecule has 0 unspecified atom stereocenters. The molecule has 1 aromatic rings. The highest BCUT2D eigenvalue weighted by molar-refractivity contribution is 5.49. The molecule has 0 amide bonds. The van der Waals surface area contributed by atoms with Crippen molar-refractivity contribution in [2.45, 2.75) is 27.7 Å². The van der Waals surface area contributed by atoms with Gasteiger partial charge >= 0.3 is 0 Å². The Hall–Kier alpha value is -1.70. The van der Waals surface area contributed by atoms with Gasteiger partial charge in [-0.15, -0.1) is 6.42 Å². The van der Waals surface area contributed by atoms with Crippen LogP contribution >= 0.6 is 0 Å². The zero-order valence-electron chi connectivity index (χ0n) is 17.7. The third-order valence-electron chi connectivity index (χ3n) is 5.95. The lowest BCUT2D eigenvalue weighted by Crippen LogP contribution is -2.46. The molecule has 1 aromatic carbocycles. The van der Waals surface area contributed by atoms with Crippen LogP contribution in [0, 0.1) is 12.3 Å². The lowest BCUT2D eigenvalue weighted by molar-refractivity contribution is -0.906. The molecule has 0 saturated heterocycles. The van der Waals surface area contributed by atoms with Gasteiger partial charge in [0.1, 0.15) is 37.8 Å². The number of rotatable bonds is 12. The van der Waals surface area contributed by atoms with Gasteiger partial charge < -0.3 is 18.4 Å². The summed E-state index contributed by atoms with van der Waals surface area (Å²) in [4.78, 5) is 0. The van der Waals surface area contributed by atoms with Gasteiger partial charge in [0.2, 0.25) is 0 Å². The van der Waals surface area contributed by atoms with Gasteiger partial charge in [-0.3, -0.25) is 0 Å². The van der Waals surface area contributed by atoms with Crippen molar-refractivity contribution in [3.8, 4) is 23.8 Å². The van der Waals surface area contributed by atoms with E-state index < -0.39 is 0 Å². The smallest absolute Gasteiger partial charge is 0.137 e. The Balaban J connectivity index is 2.63. The molecule has 0 aliphatic carbocycles. The van der Waals surface area contributed by atoms with E-state index in [4.69, 9.17) is 15.9 Å². The van der Waals surface area contributed by atoms with Gasteiger partial charge in [-0.1, -0.05) is 5.92 Å². The number of quaternary nitrogens is 2. The molecule has 4 heteroatoms. The van der Waals surface area contributed by atoms with Crippen molar-refractivity contribution in [3.05, 3.63) is 23.8 Å². The van der Waals surface area contributed by atoms with Crippen molar-refractivity contribution < 1.29 is 18.4 Å². The second kappa shape index (κ2) is 10.4. The Labute approximate surface area is 160 Å². The van der Waals surface area contributed by atoms with Crippen LogP contribution in [0.1, 0.15) is 33.3 Å². The van der Waals surface area contributed by atoms with Gasteiger partial charge in [-0.25, -0.2) is 0 Å². The van der Waals surface area contributed by atoms with Gasteiger partial charge in [-0.05, 0) is 45.9 Å². The first-order valence-corrected chi connectivity index (χ1v) is 9.88. The molecule has 0 aromatic heterocycles. The SMILES string of the molecule is C#Cc1cc(OCC[N+](C)(CC)CC)ccc1OCC[N+](C)(CC)CC. The Morgan fingerprint density at radius 2 is 1.35 bits per heavy atom. The average Bonchev–Trinajstić information content (AvgIpc) is 2.68. The van der Waals surface area contributed by atoms with E-state index in [-0.39, 0.29) is 0 Å². The number of ether oxygens (including phenoxy) is 2. The van der Waals surface area contributed by atoms with Gasteiger partial charge in [0.25, 0.3) is 0 Å². The number of nitrogens with zero attached hydrogens (tertiary/aromatic N) is 2. The predicted octanol–water partition coefficient (Wildman–Crippen LogP) is 3.40. The topological polar surface area (TPSA) is 18.5 Å². The van der Waals surface area contributed by atoms with E-state index in [1.807, 2.05) is 18.2 Å². The highest BCUT2D eigenvalue weighted by Gasteiger charge is 2.17. The molecule has 0 N–H and O–H groups in total. The summed E-state index contributed by atoms with van der Waals surface area (Å²) >= 11 is 0. The van der Waals surface area contributed by atoms with E-state index in [1.165, 1.54) is 0 Å². The van der Waals surface area contributed by atoms with Crippen LogP contribution in [0.4, 0.5) is 0 Å². The first kappa shape index (κ1) is 22.3. The monoisotopic (exact) mass is 362 g/mol. The number of hydrogen-bond donors (Lipinski definition) is 0. The zero-order valence-corrected chi connectivity index (χ0v) is 17.7. The van der Waals surface area contributed by atoms with Gasteiger partial charge in [0.15, 0.2) is 0 Å². The predicted molar refractivity (Wildman–Crippen MR) is 110 cm³/mol. The van der Waals surface area contributed by atoms with Crippen molar-refractivity contribution in [2.75, 3.05) is 66.6 Å². The van der Waals surface area contributed by atoms with Crippen LogP contribution in [0.2, 0.25) is 0 Å². The maximum atomic E-state index is 5.96. The van der Waals surface area contributed by atoms with Crippen LogP contribution in [0.25, 0.3) is 0 Å². The molecule has 4 nitrogen and oxygen atoms in total. The molecular weight excluding hydrogens is 324 g/mol. The van der Waals surface area contributed by atoms with Gasteiger partial charge in [-0.2, -0.15) is 0 Å². The minimum atomic E-state index is 0.663. The molecule has 0 fully saturated rings. The van der Waals surface area contributed by atoms with E-state index in [1.54, 1.807) is 0 Å². The number of terminal acetylenes is 1. The third kappa shape index (κ3) is 6.55. The Morgan fingerprint density at radius 1 is 0.846 bits per heavy atom. The summed E-state index contributed by atoms with van der Waals surface area (Å²) < 4.78 is 13.9. The number of benzene rings is 1. The molecule has 0 spiro atoms. The van der Waals surface area contributed by atoms with Crippen molar-refractivity contribution in [3.63, 3.8) is 0 Å². The lowest BCUT2D eigenvalue weighted by atomic mass is 10.2. The van der Waals surface area contributed by atoms with Crippen molar-refractivity contribution >= 4 is 0 Å². The molecule has 0 atom stereocenters. The fourth-order valence-electron chi connectivity index (χ4n) is 2.68. The van der Waals surface area contributed by atoms with Crippen LogP contribution < -0.4 is 9.47 Å². The second-order valence-electron chi connectivity index (χ2n) is 7.45. The molecular formula is C22H38N2O2+2. The van der Waals surface area contributed by atoms with Gasteiger partial charge in [0.05, 0.1) is 45.8 Å². The summed E-state index contributed by atoms with van der Waals surface area (Å²) in [6.07, 6.45) is 5.68. The van der Waals surface area contributed by atoms with Crippen molar-refractivity contribution in [1.29, 1.82) is 0 Å². The van der Waals surface area contributed by atoms with E-state index in [0.717, 1.165) is 65.3 Å². The first-order chi connectivity index (χ1) is 12.3. The fourth-order valence-corrected chi connectivity index (χ4v) is 2.68. The first-order valence-electron chi connectivity index (χ1n) is 9.88. The molecule has 0 saturated carbocycles.